The van der Waals surface area contributed by atoms with Crippen molar-refractivity contribution in [3.05, 3.63) is 70.9 Å². The number of carbonyl (C=O) groups is 1. The highest BCUT2D eigenvalue weighted by molar-refractivity contribution is 7.08. The third kappa shape index (κ3) is 2.73. The van der Waals surface area contributed by atoms with Crippen LogP contribution in [0.1, 0.15) is 15.9 Å². The molecule has 2 aromatic heterocycles. The van der Waals surface area contributed by atoms with Gasteiger partial charge in [0.15, 0.2) is 5.78 Å². The maximum Gasteiger partial charge on any atom is 0.186 e. The van der Waals surface area contributed by atoms with E-state index in [1.165, 1.54) is 17.7 Å². The van der Waals surface area contributed by atoms with Crippen LogP contribution in [0.3, 0.4) is 0 Å². The lowest BCUT2D eigenvalue weighted by Crippen LogP contribution is -1.93. The van der Waals surface area contributed by atoms with Crippen molar-refractivity contribution in [3.8, 4) is 5.69 Å². The molecule has 20 heavy (non-hydrogen) atoms. The molecule has 0 bridgehead atoms. The van der Waals surface area contributed by atoms with Gasteiger partial charge in [0.1, 0.15) is 12.7 Å². The second-order valence-corrected chi connectivity index (χ2v) is 4.92. The van der Waals surface area contributed by atoms with Gasteiger partial charge in [-0.1, -0.05) is 18.2 Å². The van der Waals surface area contributed by atoms with Crippen LogP contribution in [0.25, 0.3) is 11.8 Å². The number of allylic oxidation sites excluding steroid dienone is 1. The lowest BCUT2D eigenvalue weighted by molar-refractivity contribution is 0.104. The summed E-state index contributed by atoms with van der Waals surface area (Å²) in [5.74, 6) is 0.0200. The number of nitrogens with zero attached hydrogens (tertiary/aromatic N) is 3. The van der Waals surface area contributed by atoms with Crippen molar-refractivity contribution in [1.29, 1.82) is 0 Å². The number of benzene rings is 1. The maximum absolute atomic E-state index is 11.8. The first-order chi connectivity index (χ1) is 9.83. The molecule has 0 atom stereocenters. The van der Waals surface area contributed by atoms with Crippen LogP contribution in [-0.2, 0) is 0 Å². The lowest BCUT2D eigenvalue weighted by Gasteiger charge is -2.00. The molecule has 0 unspecified atom stereocenters. The highest BCUT2D eigenvalue weighted by Crippen LogP contribution is 2.11. The van der Waals surface area contributed by atoms with E-state index in [9.17, 15) is 4.79 Å². The average Bonchev–Trinajstić information content (AvgIpc) is 3.18. The molecule has 0 aliphatic rings. The van der Waals surface area contributed by atoms with Crippen LogP contribution in [0, 0.1) is 0 Å². The predicted octanol–water partition coefficient (Wildman–Crippen LogP) is 3.22. The minimum Gasteiger partial charge on any atom is -0.289 e. The van der Waals surface area contributed by atoms with Gasteiger partial charge in [0.05, 0.1) is 5.69 Å². The second-order valence-electron chi connectivity index (χ2n) is 4.14. The van der Waals surface area contributed by atoms with E-state index < -0.39 is 0 Å². The highest BCUT2D eigenvalue weighted by atomic mass is 32.1. The van der Waals surface area contributed by atoms with Crippen LogP contribution < -0.4 is 0 Å². The molecule has 0 N–H and O–H groups in total. The summed E-state index contributed by atoms with van der Waals surface area (Å²) in [5, 5.41) is 7.80. The summed E-state index contributed by atoms with van der Waals surface area (Å²) >= 11 is 1.52. The first kappa shape index (κ1) is 12.5. The fourth-order valence-electron chi connectivity index (χ4n) is 1.75. The molecule has 0 spiro atoms. The van der Waals surface area contributed by atoms with Crippen LogP contribution in [-0.4, -0.2) is 20.5 Å². The van der Waals surface area contributed by atoms with Crippen LogP contribution in [0.15, 0.2) is 59.8 Å². The Morgan fingerprint density at radius 1 is 1.20 bits per heavy atom. The molecule has 0 saturated carbocycles. The van der Waals surface area contributed by atoms with Crippen molar-refractivity contribution >= 4 is 23.2 Å². The van der Waals surface area contributed by atoms with Gasteiger partial charge in [-0.05, 0) is 35.2 Å². The molecule has 2 heterocycles. The van der Waals surface area contributed by atoms with Gasteiger partial charge in [-0.2, -0.15) is 16.4 Å². The molecular weight excluding hydrogens is 270 g/mol. The summed E-state index contributed by atoms with van der Waals surface area (Å²) in [6.07, 6.45) is 6.54. The van der Waals surface area contributed by atoms with Gasteiger partial charge in [-0.3, -0.25) is 4.79 Å². The Kier molecular flexibility index (Phi) is 3.52. The smallest absolute Gasteiger partial charge is 0.186 e. The summed E-state index contributed by atoms with van der Waals surface area (Å²) in [5.41, 5.74) is 2.63. The fourth-order valence-corrected chi connectivity index (χ4v) is 2.40. The normalized spacial score (nSPS) is 11.0. The zero-order valence-corrected chi connectivity index (χ0v) is 11.3. The number of ketones is 1. The van der Waals surface area contributed by atoms with E-state index in [1.54, 1.807) is 17.1 Å². The van der Waals surface area contributed by atoms with Gasteiger partial charge in [-0.25, -0.2) is 9.67 Å². The van der Waals surface area contributed by atoms with Crippen LogP contribution in [0.4, 0.5) is 0 Å². The second kappa shape index (κ2) is 5.63. The zero-order valence-electron chi connectivity index (χ0n) is 10.5. The van der Waals surface area contributed by atoms with E-state index in [2.05, 4.69) is 10.1 Å². The summed E-state index contributed by atoms with van der Waals surface area (Å²) in [6.45, 7) is 0. The zero-order chi connectivity index (χ0) is 13.8. The molecule has 4 nitrogen and oxygen atoms in total. The van der Waals surface area contributed by atoms with Gasteiger partial charge < -0.3 is 0 Å². The Labute approximate surface area is 120 Å². The van der Waals surface area contributed by atoms with Crippen molar-refractivity contribution < 1.29 is 4.79 Å². The molecule has 3 rings (SSSR count). The molecule has 1 aromatic carbocycles. The summed E-state index contributed by atoms with van der Waals surface area (Å²) in [4.78, 5) is 15.7. The van der Waals surface area contributed by atoms with Gasteiger partial charge in [-0.15, -0.1) is 0 Å². The molecule has 98 valence electrons. The first-order valence-electron chi connectivity index (χ1n) is 6.02. The number of rotatable bonds is 4. The van der Waals surface area contributed by atoms with Crippen LogP contribution in [0.2, 0.25) is 0 Å². The fraction of sp³-hybridized carbons (Fsp3) is 0. The minimum absolute atomic E-state index is 0.0200. The molecule has 0 saturated heterocycles. The van der Waals surface area contributed by atoms with E-state index in [0.717, 1.165) is 16.8 Å². The Balaban J connectivity index is 1.74. The van der Waals surface area contributed by atoms with Crippen molar-refractivity contribution in [2.24, 2.45) is 0 Å². The van der Waals surface area contributed by atoms with Crippen molar-refractivity contribution in [2.75, 3.05) is 0 Å². The average molecular weight is 281 g/mol. The predicted molar refractivity (Wildman–Crippen MR) is 79.0 cm³/mol. The molecule has 0 aliphatic carbocycles. The molecule has 5 heteroatoms. The molecular formula is C15H11N3OS. The summed E-state index contributed by atoms with van der Waals surface area (Å²) in [6, 6.07) is 9.57. The number of hydrogen-bond acceptors (Lipinski definition) is 4. The van der Waals surface area contributed by atoms with Gasteiger partial charge in [0.25, 0.3) is 0 Å². The van der Waals surface area contributed by atoms with Gasteiger partial charge in [0, 0.05) is 10.9 Å². The highest BCUT2D eigenvalue weighted by Gasteiger charge is 2.01. The summed E-state index contributed by atoms with van der Waals surface area (Å²) < 4.78 is 1.68. The Bertz CT molecular complexity index is 713. The number of carbonyl (C=O) groups excluding carboxylic acids is 1. The van der Waals surface area contributed by atoms with E-state index in [4.69, 9.17) is 0 Å². The summed E-state index contributed by atoms with van der Waals surface area (Å²) in [7, 11) is 0. The molecule has 3 aromatic rings. The van der Waals surface area contributed by atoms with Crippen LogP contribution >= 0.6 is 11.3 Å². The molecule has 0 fully saturated rings. The van der Waals surface area contributed by atoms with Gasteiger partial charge >= 0.3 is 0 Å². The van der Waals surface area contributed by atoms with E-state index in [1.807, 2.05) is 47.2 Å². The van der Waals surface area contributed by atoms with Crippen molar-refractivity contribution in [1.82, 2.24) is 14.8 Å². The van der Waals surface area contributed by atoms with E-state index in [-0.39, 0.29) is 5.78 Å². The quantitative estimate of drug-likeness (QED) is 0.545. The third-order valence-electron chi connectivity index (χ3n) is 2.81. The largest absolute Gasteiger partial charge is 0.289 e. The van der Waals surface area contributed by atoms with Crippen molar-refractivity contribution in [2.45, 2.75) is 0 Å². The Morgan fingerprint density at radius 3 is 2.70 bits per heavy atom. The number of aromatic nitrogens is 3. The number of thiophene rings is 1. The first-order valence-corrected chi connectivity index (χ1v) is 6.97. The minimum atomic E-state index is 0.0200. The maximum atomic E-state index is 11.8. The van der Waals surface area contributed by atoms with Crippen molar-refractivity contribution in [3.63, 3.8) is 0 Å². The van der Waals surface area contributed by atoms with Gasteiger partial charge in [0.2, 0.25) is 0 Å². The molecule has 0 radical (unpaired) electrons. The van der Waals surface area contributed by atoms with E-state index >= 15 is 0 Å². The third-order valence-corrected chi connectivity index (χ3v) is 3.49. The molecule has 0 aliphatic heterocycles. The SMILES string of the molecule is O=C(C=Cc1ccc(-n2cncn2)cc1)c1ccsc1. The van der Waals surface area contributed by atoms with E-state index in [0.29, 0.717) is 0 Å². The molecule has 0 amide bonds. The lowest BCUT2D eigenvalue weighted by atomic mass is 10.1. The Hall–Kier alpha value is -2.53. The monoisotopic (exact) mass is 281 g/mol. The van der Waals surface area contributed by atoms with Crippen LogP contribution in [0.5, 0.6) is 0 Å². The Morgan fingerprint density at radius 2 is 2.05 bits per heavy atom. The topological polar surface area (TPSA) is 47.8 Å². The number of hydrogen-bond donors (Lipinski definition) is 0. The standard InChI is InChI=1S/C15H11N3OS/c19-15(13-7-8-20-9-13)6-3-12-1-4-14(5-2-12)18-11-16-10-17-18/h1-11H.